The predicted octanol–water partition coefficient (Wildman–Crippen LogP) is 3.64. The van der Waals surface area contributed by atoms with Gasteiger partial charge in [-0.05, 0) is 12.1 Å². The second kappa shape index (κ2) is 4.78. The zero-order valence-electron chi connectivity index (χ0n) is 9.90. The van der Waals surface area contributed by atoms with Crippen molar-refractivity contribution in [3.8, 4) is 0 Å². The number of alkyl halides is 6. The van der Waals surface area contributed by atoms with Crippen LogP contribution in [0.5, 0.6) is 0 Å². The molecule has 10 heteroatoms. The molecular weight excluding hydrogens is 311 g/mol. The van der Waals surface area contributed by atoms with E-state index >= 15 is 0 Å². The molecule has 3 nitrogen and oxygen atoms in total. The summed E-state index contributed by atoms with van der Waals surface area (Å²) >= 11 is 0. The molecule has 1 aromatic rings. The summed E-state index contributed by atoms with van der Waals surface area (Å²) in [4.78, 5) is 10.8. The molecule has 0 radical (unpaired) electrons. The Morgan fingerprint density at radius 2 is 1.71 bits per heavy atom. The number of rotatable bonds is 1. The number of ether oxygens (including phenoxy) is 1. The van der Waals surface area contributed by atoms with E-state index in [1.807, 2.05) is 5.32 Å². The van der Waals surface area contributed by atoms with Crippen LogP contribution in [0.4, 0.5) is 35.5 Å². The first-order valence-electron chi connectivity index (χ1n) is 5.41. The number of halogens is 7. The summed E-state index contributed by atoms with van der Waals surface area (Å²) in [6, 6.07) is -1.74. The fourth-order valence-electron chi connectivity index (χ4n) is 1.91. The minimum absolute atomic E-state index is 0.0466. The van der Waals surface area contributed by atoms with Gasteiger partial charge in [-0.25, -0.2) is 9.18 Å². The highest BCUT2D eigenvalue weighted by Crippen LogP contribution is 2.41. The molecular formula is C11H6F7NO2. The van der Waals surface area contributed by atoms with Crippen LogP contribution in [0, 0.1) is 5.82 Å². The van der Waals surface area contributed by atoms with E-state index in [1.165, 1.54) is 0 Å². The Balaban J connectivity index is 2.61. The molecule has 0 aromatic heterocycles. The normalized spacial score (nSPS) is 19.4. The van der Waals surface area contributed by atoms with Crippen molar-refractivity contribution >= 4 is 6.09 Å². The van der Waals surface area contributed by atoms with Gasteiger partial charge in [0.2, 0.25) is 0 Å². The Hall–Kier alpha value is -2.00. The summed E-state index contributed by atoms with van der Waals surface area (Å²) in [7, 11) is 0. The third-order valence-corrected chi connectivity index (χ3v) is 2.78. The molecule has 1 aromatic carbocycles. The number of hydrogen-bond acceptors (Lipinski definition) is 2. The average Bonchev–Trinajstić information content (AvgIpc) is 2.72. The third-order valence-electron chi connectivity index (χ3n) is 2.78. The summed E-state index contributed by atoms with van der Waals surface area (Å²) in [5.74, 6) is -1.71. The first-order valence-corrected chi connectivity index (χ1v) is 5.41. The zero-order chi connectivity index (χ0) is 16.0. The minimum atomic E-state index is -5.22. The molecule has 1 aliphatic rings. The van der Waals surface area contributed by atoms with Gasteiger partial charge in [0.25, 0.3) is 0 Å². The minimum Gasteiger partial charge on any atom is -0.447 e. The van der Waals surface area contributed by atoms with Crippen molar-refractivity contribution < 1.29 is 40.3 Å². The van der Waals surface area contributed by atoms with Crippen molar-refractivity contribution in [3.05, 3.63) is 34.6 Å². The van der Waals surface area contributed by atoms with E-state index in [0.29, 0.717) is 0 Å². The largest absolute Gasteiger partial charge is 0.447 e. The van der Waals surface area contributed by atoms with Crippen molar-refractivity contribution in [3.63, 3.8) is 0 Å². The molecule has 0 unspecified atom stereocenters. The maximum Gasteiger partial charge on any atom is 0.416 e. The van der Waals surface area contributed by atoms with Crippen molar-refractivity contribution in [2.75, 3.05) is 6.61 Å². The summed E-state index contributed by atoms with van der Waals surface area (Å²) < 4.78 is 94.1. The number of carbonyl (C=O) groups is 1. The highest BCUT2D eigenvalue weighted by atomic mass is 19.4. The Morgan fingerprint density at radius 3 is 2.14 bits per heavy atom. The molecule has 1 fully saturated rings. The van der Waals surface area contributed by atoms with Crippen LogP contribution >= 0.6 is 0 Å². The lowest BCUT2D eigenvalue weighted by molar-refractivity contribution is -0.144. The molecule has 1 amide bonds. The number of nitrogens with one attached hydrogen (secondary N) is 1. The summed E-state index contributed by atoms with van der Waals surface area (Å²) in [6.07, 6.45) is -11.4. The fourth-order valence-corrected chi connectivity index (χ4v) is 1.91. The lowest BCUT2D eigenvalue weighted by atomic mass is 9.97. The van der Waals surface area contributed by atoms with Crippen LogP contribution in [-0.4, -0.2) is 12.7 Å². The van der Waals surface area contributed by atoms with E-state index in [1.54, 1.807) is 0 Å². The molecule has 1 N–H and O–H groups in total. The second-order valence-electron chi connectivity index (χ2n) is 4.21. The van der Waals surface area contributed by atoms with Gasteiger partial charge < -0.3 is 10.1 Å². The van der Waals surface area contributed by atoms with Gasteiger partial charge in [-0.1, -0.05) is 0 Å². The van der Waals surface area contributed by atoms with Crippen LogP contribution in [0.2, 0.25) is 0 Å². The monoisotopic (exact) mass is 317 g/mol. The number of amides is 1. The molecule has 21 heavy (non-hydrogen) atoms. The van der Waals surface area contributed by atoms with Crippen molar-refractivity contribution in [1.29, 1.82) is 0 Å². The molecule has 1 atom stereocenters. The van der Waals surface area contributed by atoms with Gasteiger partial charge in [0.1, 0.15) is 12.4 Å². The molecule has 1 heterocycles. The molecule has 0 bridgehead atoms. The van der Waals surface area contributed by atoms with E-state index in [0.717, 1.165) is 0 Å². The smallest absolute Gasteiger partial charge is 0.416 e. The number of benzene rings is 1. The van der Waals surface area contributed by atoms with Crippen molar-refractivity contribution in [2.45, 2.75) is 18.4 Å². The molecule has 1 aliphatic heterocycles. The molecule has 0 saturated carbocycles. The average molecular weight is 317 g/mol. The summed E-state index contributed by atoms with van der Waals surface area (Å²) in [5.41, 5.74) is -4.65. The van der Waals surface area contributed by atoms with E-state index < -0.39 is 53.6 Å². The molecule has 0 spiro atoms. The Kier molecular flexibility index (Phi) is 3.50. The van der Waals surface area contributed by atoms with Gasteiger partial charge in [-0.15, -0.1) is 0 Å². The van der Waals surface area contributed by atoms with E-state index in [-0.39, 0.29) is 12.1 Å². The van der Waals surface area contributed by atoms with Crippen LogP contribution in [0.3, 0.4) is 0 Å². The van der Waals surface area contributed by atoms with Gasteiger partial charge in [-0.2, -0.15) is 26.3 Å². The molecule has 0 aliphatic carbocycles. The first-order chi connectivity index (χ1) is 9.50. The molecule has 2 rings (SSSR count). The predicted molar refractivity (Wildman–Crippen MR) is 53.6 cm³/mol. The van der Waals surface area contributed by atoms with Gasteiger partial charge >= 0.3 is 18.4 Å². The van der Waals surface area contributed by atoms with Crippen molar-refractivity contribution in [2.24, 2.45) is 0 Å². The lowest BCUT2D eigenvalue weighted by Crippen LogP contribution is -2.24. The van der Waals surface area contributed by atoms with Crippen LogP contribution in [0.1, 0.15) is 22.7 Å². The van der Waals surface area contributed by atoms with E-state index in [9.17, 15) is 35.5 Å². The van der Waals surface area contributed by atoms with E-state index in [4.69, 9.17) is 0 Å². The summed E-state index contributed by atoms with van der Waals surface area (Å²) in [6.45, 7) is -0.607. The van der Waals surface area contributed by atoms with Gasteiger partial charge in [0.15, 0.2) is 0 Å². The zero-order valence-corrected chi connectivity index (χ0v) is 9.90. The SMILES string of the molecule is O=C1N[C@H](c2c(F)cc(C(F)(F)F)cc2C(F)(F)F)CO1. The topological polar surface area (TPSA) is 38.3 Å². The number of cyclic esters (lactones) is 1. The quantitative estimate of drug-likeness (QED) is 0.803. The van der Waals surface area contributed by atoms with E-state index in [2.05, 4.69) is 4.74 Å². The highest BCUT2D eigenvalue weighted by Gasteiger charge is 2.42. The maximum atomic E-state index is 13.7. The van der Waals surface area contributed by atoms with Gasteiger partial charge in [-0.3, -0.25) is 0 Å². The lowest BCUT2D eigenvalue weighted by Gasteiger charge is -2.19. The standard InChI is InChI=1S/C11H6F7NO2/c12-6-2-4(10(13,14)15)1-5(11(16,17)18)8(6)7-3-21-9(20)19-7/h1-2,7H,3H2,(H,19,20)/t7-/m0/s1. The van der Waals surface area contributed by atoms with Crippen LogP contribution in [0.15, 0.2) is 12.1 Å². The van der Waals surface area contributed by atoms with Crippen LogP contribution in [-0.2, 0) is 17.1 Å². The van der Waals surface area contributed by atoms with Gasteiger partial charge in [0, 0.05) is 5.56 Å². The Bertz CT molecular complexity index is 579. The van der Waals surface area contributed by atoms with Crippen LogP contribution < -0.4 is 5.32 Å². The fraction of sp³-hybridized carbons (Fsp3) is 0.364. The van der Waals surface area contributed by atoms with Crippen LogP contribution in [0.25, 0.3) is 0 Å². The Labute approximate surface area is 112 Å². The third kappa shape index (κ3) is 3.03. The highest BCUT2D eigenvalue weighted by molar-refractivity contribution is 5.70. The van der Waals surface area contributed by atoms with Crippen molar-refractivity contribution in [1.82, 2.24) is 5.32 Å². The number of hydrogen-bond donors (Lipinski definition) is 1. The molecule has 116 valence electrons. The first kappa shape index (κ1) is 15.4. The maximum absolute atomic E-state index is 13.7. The summed E-state index contributed by atoms with van der Waals surface area (Å²) in [5, 5.41) is 1.90. The Morgan fingerprint density at radius 1 is 1.10 bits per heavy atom. The number of alkyl carbamates (subject to hydrolysis) is 1. The van der Waals surface area contributed by atoms with Gasteiger partial charge in [0.05, 0.1) is 17.2 Å². The number of carbonyl (C=O) groups excluding carboxylic acids is 1. The molecule has 1 saturated heterocycles. The second-order valence-corrected chi connectivity index (χ2v) is 4.21.